The minimum Gasteiger partial charge on any atom is -0.506 e. The molecule has 2 nitrogen and oxygen atoms in total. The van der Waals surface area contributed by atoms with Gasteiger partial charge in [0.2, 0.25) is 0 Å². The van der Waals surface area contributed by atoms with E-state index in [0.717, 1.165) is 12.8 Å². The van der Waals surface area contributed by atoms with E-state index in [1.807, 2.05) is 6.08 Å². The summed E-state index contributed by atoms with van der Waals surface area (Å²) < 4.78 is 0. The van der Waals surface area contributed by atoms with Crippen molar-refractivity contribution in [2.24, 2.45) is 5.73 Å². The quantitative estimate of drug-likeness (QED) is 0.447. The summed E-state index contributed by atoms with van der Waals surface area (Å²) in [5.74, 6) is 0.128. The summed E-state index contributed by atoms with van der Waals surface area (Å²) in [7, 11) is 0. The standard InChI is InChI=1S/C7H13NO/c1-2-3-4-5-7(9)6-8/h4-6,9H,2-3,8H2,1H3/b5-4-,7-6-. The lowest BCUT2D eigenvalue weighted by atomic mass is 10.3. The highest BCUT2D eigenvalue weighted by atomic mass is 16.3. The van der Waals surface area contributed by atoms with Gasteiger partial charge in [0.15, 0.2) is 0 Å². The third-order valence-electron chi connectivity index (χ3n) is 0.915. The van der Waals surface area contributed by atoms with Gasteiger partial charge in [-0.1, -0.05) is 19.4 Å². The molecular formula is C7H13NO. The summed E-state index contributed by atoms with van der Waals surface area (Å²) in [6.07, 6.45) is 6.74. The van der Waals surface area contributed by atoms with Gasteiger partial charge < -0.3 is 10.8 Å². The molecule has 0 spiro atoms. The van der Waals surface area contributed by atoms with E-state index in [9.17, 15) is 0 Å². The molecule has 0 heterocycles. The van der Waals surface area contributed by atoms with Gasteiger partial charge in [0, 0.05) is 6.20 Å². The molecule has 0 saturated heterocycles. The molecule has 0 bridgehead atoms. The molecule has 0 aliphatic carbocycles. The second-order valence-corrected chi connectivity index (χ2v) is 1.78. The number of hydrogen-bond donors (Lipinski definition) is 2. The number of allylic oxidation sites excluding steroid dienone is 2. The highest BCUT2D eigenvalue weighted by Gasteiger charge is 1.78. The summed E-state index contributed by atoms with van der Waals surface area (Å²) in [6.45, 7) is 2.08. The number of hydrogen-bond acceptors (Lipinski definition) is 2. The number of rotatable bonds is 3. The molecule has 0 rings (SSSR count). The van der Waals surface area contributed by atoms with Crippen molar-refractivity contribution in [3.8, 4) is 0 Å². The van der Waals surface area contributed by atoms with E-state index in [1.54, 1.807) is 6.08 Å². The molecule has 0 unspecified atom stereocenters. The number of aliphatic hydroxyl groups excluding tert-OH is 1. The highest BCUT2D eigenvalue weighted by Crippen LogP contribution is 1.92. The Morgan fingerprint density at radius 2 is 2.33 bits per heavy atom. The second-order valence-electron chi connectivity index (χ2n) is 1.78. The summed E-state index contributed by atoms with van der Waals surface area (Å²) in [5, 5.41) is 8.73. The first-order valence-electron chi connectivity index (χ1n) is 3.08. The van der Waals surface area contributed by atoms with Crippen molar-refractivity contribution >= 4 is 0 Å². The zero-order valence-corrected chi connectivity index (χ0v) is 5.67. The van der Waals surface area contributed by atoms with Crippen molar-refractivity contribution in [3.63, 3.8) is 0 Å². The van der Waals surface area contributed by atoms with E-state index in [0.29, 0.717) is 0 Å². The molecule has 2 heteroatoms. The molecule has 0 aromatic rings. The van der Waals surface area contributed by atoms with Gasteiger partial charge in [-0.05, 0) is 12.5 Å². The third kappa shape index (κ3) is 4.94. The Morgan fingerprint density at radius 1 is 1.67 bits per heavy atom. The molecule has 52 valence electrons. The van der Waals surface area contributed by atoms with Crippen molar-refractivity contribution in [2.75, 3.05) is 0 Å². The Labute approximate surface area is 55.7 Å². The normalized spacial score (nSPS) is 12.8. The Bertz CT molecular complexity index is 116. The number of nitrogens with two attached hydrogens (primary N) is 1. The van der Waals surface area contributed by atoms with E-state index in [-0.39, 0.29) is 5.76 Å². The smallest absolute Gasteiger partial charge is 0.130 e. The van der Waals surface area contributed by atoms with E-state index in [1.165, 1.54) is 6.20 Å². The molecule has 0 aliphatic rings. The van der Waals surface area contributed by atoms with Gasteiger partial charge in [-0.3, -0.25) is 0 Å². The molecule has 0 saturated carbocycles. The fourth-order valence-corrected chi connectivity index (χ4v) is 0.426. The largest absolute Gasteiger partial charge is 0.506 e. The summed E-state index contributed by atoms with van der Waals surface area (Å²) in [4.78, 5) is 0. The Morgan fingerprint density at radius 3 is 2.78 bits per heavy atom. The Kier molecular flexibility index (Phi) is 4.69. The Balaban J connectivity index is 3.45. The fourth-order valence-electron chi connectivity index (χ4n) is 0.426. The van der Waals surface area contributed by atoms with Crippen LogP contribution >= 0.6 is 0 Å². The average Bonchev–Trinajstić information content (AvgIpc) is 1.89. The molecule has 3 N–H and O–H groups in total. The fraction of sp³-hybridized carbons (Fsp3) is 0.429. The van der Waals surface area contributed by atoms with Crippen LogP contribution in [0.5, 0.6) is 0 Å². The molecule has 0 aliphatic heterocycles. The molecular weight excluding hydrogens is 114 g/mol. The number of aliphatic hydroxyl groups is 1. The van der Waals surface area contributed by atoms with E-state index in [2.05, 4.69) is 6.92 Å². The van der Waals surface area contributed by atoms with Gasteiger partial charge in [0.05, 0.1) is 0 Å². The maximum Gasteiger partial charge on any atom is 0.130 e. The first-order valence-corrected chi connectivity index (χ1v) is 3.08. The average molecular weight is 127 g/mol. The summed E-state index contributed by atoms with van der Waals surface area (Å²) in [6, 6.07) is 0. The van der Waals surface area contributed by atoms with Gasteiger partial charge in [-0.25, -0.2) is 0 Å². The molecule has 0 fully saturated rings. The lowest BCUT2D eigenvalue weighted by Crippen LogP contribution is -1.82. The minimum absolute atomic E-state index is 0.128. The van der Waals surface area contributed by atoms with Crippen LogP contribution in [-0.2, 0) is 0 Å². The molecule has 0 amide bonds. The van der Waals surface area contributed by atoms with Crippen molar-refractivity contribution in [1.82, 2.24) is 0 Å². The highest BCUT2D eigenvalue weighted by molar-refractivity contribution is 5.08. The lowest BCUT2D eigenvalue weighted by Gasteiger charge is -1.86. The van der Waals surface area contributed by atoms with Crippen LogP contribution in [0.1, 0.15) is 19.8 Å². The van der Waals surface area contributed by atoms with E-state index in [4.69, 9.17) is 10.8 Å². The van der Waals surface area contributed by atoms with Gasteiger partial charge in [0.1, 0.15) is 5.76 Å². The van der Waals surface area contributed by atoms with Crippen LogP contribution in [0.15, 0.2) is 24.1 Å². The van der Waals surface area contributed by atoms with Gasteiger partial charge in [0.25, 0.3) is 0 Å². The van der Waals surface area contributed by atoms with Crippen LogP contribution < -0.4 is 5.73 Å². The topological polar surface area (TPSA) is 46.2 Å². The number of unbranched alkanes of at least 4 members (excludes halogenated alkanes) is 1. The minimum atomic E-state index is 0.128. The van der Waals surface area contributed by atoms with Crippen LogP contribution in [0.2, 0.25) is 0 Å². The van der Waals surface area contributed by atoms with Crippen LogP contribution in [-0.4, -0.2) is 5.11 Å². The van der Waals surface area contributed by atoms with E-state index >= 15 is 0 Å². The first-order chi connectivity index (χ1) is 4.31. The van der Waals surface area contributed by atoms with Gasteiger partial charge >= 0.3 is 0 Å². The van der Waals surface area contributed by atoms with Gasteiger partial charge in [-0.2, -0.15) is 0 Å². The van der Waals surface area contributed by atoms with Crippen LogP contribution in [0.3, 0.4) is 0 Å². The summed E-state index contributed by atoms with van der Waals surface area (Å²) >= 11 is 0. The SMILES string of the molecule is CCC/C=C\C(O)=C\N. The molecule has 0 aromatic carbocycles. The predicted molar refractivity (Wildman–Crippen MR) is 38.9 cm³/mol. The third-order valence-corrected chi connectivity index (χ3v) is 0.915. The van der Waals surface area contributed by atoms with Crippen molar-refractivity contribution < 1.29 is 5.11 Å². The maximum atomic E-state index is 8.73. The van der Waals surface area contributed by atoms with Crippen molar-refractivity contribution in [2.45, 2.75) is 19.8 Å². The Hall–Kier alpha value is -0.920. The lowest BCUT2D eigenvalue weighted by molar-refractivity contribution is 0.430. The molecule has 0 radical (unpaired) electrons. The zero-order chi connectivity index (χ0) is 7.11. The molecule has 0 aromatic heterocycles. The van der Waals surface area contributed by atoms with Crippen molar-refractivity contribution in [1.29, 1.82) is 0 Å². The summed E-state index contributed by atoms with van der Waals surface area (Å²) in [5.41, 5.74) is 4.99. The van der Waals surface area contributed by atoms with Crippen LogP contribution in [0, 0.1) is 0 Å². The second kappa shape index (κ2) is 5.22. The zero-order valence-electron chi connectivity index (χ0n) is 5.67. The van der Waals surface area contributed by atoms with E-state index < -0.39 is 0 Å². The van der Waals surface area contributed by atoms with Crippen LogP contribution in [0.25, 0.3) is 0 Å². The van der Waals surface area contributed by atoms with Crippen LogP contribution in [0.4, 0.5) is 0 Å². The first kappa shape index (κ1) is 8.08. The monoisotopic (exact) mass is 127 g/mol. The van der Waals surface area contributed by atoms with Gasteiger partial charge in [-0.15, -0.1) is 0 Å². The van der Waals surface area contributed by atoms with Crippen molar-refractivity contribution in [3.05, 3.63) is 24.1 Å². The predicted octanol–water partition coefficient (Wildman–Crippen LogP) is 1.70. The molecule has 9 heavy (non-hydrogen) atoms. The maximum absolute atomic E-state index is 8.73. The molecule has 0 atom stereocenters.